The molecule has 0 spiro atoms. The van der Waals surface area contributed by atoms with Crippen molar-refractivity contribution in [2.45, 2.75) is 32.2 Å². The Bertz CT molecular complexity index is 562. The monoisotopic (exact) mass is 314 g/mol. The molecule has 1 atom stereocenters. The molecular weight excluding hydrogens is 295 g/mol. The molecular formula is C15H20Cl2N2O. The van der Waals surface area contributed by atoms with Crippen LogP contribution in [0.15, 0.2) is 18.2 Å². The second-order valence-corrected chi connectivity index (χ2v) is 5.63. The second-order valence-electron chi connectivity index (χ2n) is 4.84. The summed E-state index contributed by atoms with van der Waals surface area (Å²) in [7, 11) is 1.73. The van der Waals surface area contributed by atoms with E-state index in [4.69, 9.17) is 27.9 Å². The van der Waals surface area contributed by atoms with Gasteiger partial charge < -0.3 is 9.30 Å². The van der Waals surface area contributed by atoms with E-state index in [1.807, 2.05) is 12.1 Å². The number of fused-ring (bicyclic) bond motifs is 1. The summed E-state index contributed by atoms with van der Waals surface area (Å²) in [4.78, 5) is 4.68. The third-order valence-electron chi connectivity index (χ3n) is 3.41. The molecule has 1 unspecified atom stereocenters. The number of hydrogen-bond acceptors (Lipinski definition) is 2. The lowest BCUT2D eigenvalue weighted by atomic mass is 10.1. The maximum atomic E-state index is 6.26. The van der Waals surface area contributed by atoms with E-state index in [1.165, 1.54) is 0 Å². The van der Waals surface area contributed by atoms with E-state index < -0.39 is 0 Å². The van der Waals surface area contributed by atoms with Crippen LogP contribution in [0.4, 0.5) is 0 Å². The van der Waals surface area contributed by atoms with Gasteiger partial charge >= 0.3 is 0 Å². The van der Waals surface area contributed by atoms with Crippen molar-refractivity contribution in [2.24, 2.45) is 0 Å². The smallest absolute Gasteiger partial charge is 0.111 e. The van der Waals surface area contributed by atoms with E-state index in [0.29, 0.717) is 17.5 Å². The Morgan fingerprint density at radius 3 is 2.85 bits per heavy atom. The highest BCUT2D eigenvalue weighted by atomic mass is 35.5. The third-order valence-corrected chi connectivity index (χ3v) is 3.90. The molecule has 5 heteroatoms. The molecule has 1 aromatic heterocycles. The predicted octanol–water partition coefficient (Wildman–Crippen LogP) is 4.46. The number of aromatic nitrogens is 2. The molecule has 0 N–H and O–H groups in total. The number of rotatable bonds is 7. The van der Waals surface area contributed by atoms with Crippen LogP contribution in [0.1, 0.15) is 31.6 Å². The summed E-state index contributed by atoms with van der Waals surface area (Å²) in [6.45, 7) is 2.84. The average Bonchev–Trinajstić information content (AvgIpc) is 2.79. The first-order chi connectivity index (χ1) is 9.72. The van der Waals surface area contributed by atoms with Gasteiger partial charge in [-0.05, 0) is 18.6 Å². The Labute approximate surface area is 129 Å². The first-order valence-electron chi connectivity index (χ1n) is 6.93. The number of nitrogens with zero attached hydrogens (tertiary/aromatic N) is 2. The van der Waals surface area contributed by atoms with Gasteiger partial charge in [0.2, 0.25) is 0 Å². The van der Waals surface area contributed by atoms with E-state index in [9.17, 15) is 0 Å². The fraction of sp³-hybridized carbons (Fsp3) is 0.533. The number of benzene rings is 1. The fourth-order valence-electron chi connectivity index (χ4n) is 2.61. The quantitative estimate of drug-likeness (QED) is 0.705. The van der Waals surface area contributed by atoms with Gasteiger partial charge in [-0.1, -0.05) is 31.0 Å². The van der Waals surface area contributed by atoms with Crippen LogP contribution in [-0.2, 0) is 11.2 Å². The van der Waals surface area contributed by atoms with Crippen LogP contribution in [0.25, 0.3) is 11.0 Å². The number of aryl methyl sites for hydroxylation is 1. The molecule has 2 aromatic rings. The summed E-state index contributed by atoms with van der Waals surface area (Å²) >= 11 is 12.2. The van der Waals surface area contributed by atoms with Crippen molar-refractivity contribution >= 4 is 34.2 Å². The number of alkyl halides is 1. The number of halogens is 2. The van der Waals surface area contributed by atoms with Crippen LogP contribution in [0.2, 0.25) is 5.02 Å². The van der Waals surface area contributed by atoms with E-state index in [0.717, 1.165) is 36.1 Å². The maximum Gasteiger partial charge on any atom is 0.111 e. The van der Waals surface area contributed by atoms with Crippen molar-refractivity contribution in [3.63, 3.8) is 0 Å². The summed E-state index contributed by atoms with van der Waals surface area (Å²) in [5, 5.41) is 0.685. The molecule has 0 aliphatic rings. The molecule has 1 heterocycles. The summed E-state index contributed by atoms with van der Waals surface area (Å²) in [6.07, 6.45) is 2.87. The molecule has 1 aromatic carbocycles. The molecule has 2 rings (SSSR count). The summed E-state index contributed by atoms with van der Waals surface area (Å²) < 4.78 is 7.62. The zero-order valence-electron chi connectivity index (χ0n) is 11.9. The zero-order chi connectivity index (χ0) is 14.5. The van der Waals surface area contributed by atoms with E-state index in [1.54, 1.807) is 7.11 Å². The van der Waals surface area contributed by atoms with Gasteiger partial charge in [-0.15, -0.1) is 11.6 Å². The molecule has 0 amide bonds. The summed E-state index contributed by atoms with van der Waals surface area (Å²) in [5.41, 5.74) is 1.92. The number of para-hydroxylation sites is 1. The largest absolute Gasteiger partial charge is 0.383 e. The first-order valence-corrected chi connectivity index (χ1v) is 7.84. The summed E-state index contributed by atoms with van der Waals surface area (Å²) in [6, 6.07) is 6.16. The molecule has 0 saturated heterocycles. The van der Waals surface area contributed by atoms with Crippen LogP contribution in [0.5, 0.6) is 0 Å². The first kappa shape index (κ1) is 15.6. The number of hydrogen-bond donors (Lipinski definition) is 0. The van der Waals surface area contributed by atoms with Gasteiger partial charge in [-0.3, -0.25) is 0 Å². The van der Waals surface area contributed by atoms with E-state index in [-0.39, 0.29) is 6.04 Å². The highest BCUT2D eigenvalue weighted by Gasteiger charge is 2.19. The lowest BCUT2D eigenvalue weighted by molar-refractivity contribution is 0.151. The molecule has 0 aliphatic heterocycles. The molecule has 110 valence electrons. The maximum absolute atomic E-state index is 6.26. The van der Waals surface area contributed by atoms with Crippen molar-refractivity contribution in [1.29, 1.82) is 0 Å². The summed E-state index contributed by atoms with van der Waals surface area (Å²) in [5.74, 6) is 1.53. The molecule has 0 fully saturated rings. The Morgan fingerprint density at radius 1 is 1.40 bits per heavy atom. The zero-order valence-corrected chi connectivity index (χ0v) is 13.4. The normalized spacial score (nSPS) is 13.0. The minimum atomic E-state index is 0.270. The fourth-order valence-corrected chi connectivity index (χ4v) is 2.99. The van der Waals surface area contributed by atoms with Gasteiger partial charge in [-0.25, -0.2) is 4.98 Å². The number of ether oxygens (including phenoxy) is 1. The molecule has 0 aliphatic carbocycles. The molecule has 3 nitrogen and oxygen atoms in total. The van der Waals surface area contributed by atoms with Crippen molar-refractivity contribution < 1.29 is 4.74 Å². The van der Waals surface area contributed by atoms with Crippen LogP contribution in [0, 0.1) is 0 Å². The Kier molecular flexibility index (Phi) is 5.70. The van der Waals surface area contributed by atoms with E-state index >= 15 is 0 Å². The third kappa shape index (κ3) is 3.11. The lowest BCUT2D eigenvalue weighted by Crippen LogP contribution is -2.17. The van der Waals surface area contributed by atoms with Crippen LogP contribution < -0.4 is 0 Å². The molecule has 20 heavy (non-hydrogen) atoms. The highest BCUT2D eigenvalue weighted by Crippen LogP contribution is 2.29. The van der Waals surface area contributed by atoms with Crippen LogP contribution >= 0.6 is 23.2 Å². The minimum absolute atomic E-state index is 0.270. The SMILES string of the molecule is CCCC(COC)n1c(CCCl)nc2c(Cl)cccc21. The van der Waals surface area contributed by atoms with Crippen molar-refractivity contribution in [3.8, 4) is 0 Å². The highest BCUT2D eigenvalue weighted by molar-refractivity contribution is 6.34. The van der Waals surface area contributed by atoms with Gasteiger partial charge in [0.1, 0.15) is 11.3 Å². The van der Waals surface area contributed by atoms with Gasteiger partial charge in [-0.2, -0.15) is 0 Å². The Morgan fingerprint density at radius 2 is 2.20 bits per heavy atom. The minimum Gasteiger partial charge on any atom is -0.383 e. The Balaban J connectivity index is 2.57. The van der Waals surface area contributed by atoms with Gasteiger partial charge in [0.05, 0.1) is 23.2 Å². The average molecular weight is 315 g/mol. The molecule has 0 radical (unpaired) electrons. The standard InChI is InChI=1S/C15H20Cl2N2O/c1-3-5-11(10-20-2)19-13-7-4-6-12(17)15(13)18-14(19)8-9-16/h4,6-7,11H,3,5,8-10H2,1-2H3. The van der Waals surface area contributed by atoms with Gasteiger partial charge in [0, 0.05) is 19.4 Å². The van der Waals surface area contributed by atoms with Crippen LogP contribution in [-0.4, -0.2) is 29.1 Å². The topological polar surface area (TPSA) is 27.1 Å². The second kappa shape index (κ2) is 7.30. The van der Waals surface area contributed by atoms with E-state index in [2.05, 4.69) is 22.5 Å². The van der Waals surface area contributed by atoms with Crippen LogP contribution in [0.3, 0.4) is 0 Å². The van der Waals surface area contributed by atoms with Gasteiger partial charge in [0.25, 0.3) is 0 Å². The molecule has 0 bridgehead atoms. The van der Waals surface area contributed by atoms with Crippen molar-refractivity contribution in [1.82, 2.24) is 9.55 Å². The number of methoxy groups -OCH3 is 1. The number of imidazole rings is 1. The predicted molar refractivity (Wildman–Crippen MR) is 85.0 cm³/mol. The Hall–Kier alpha value is -0.770. The molecule has 0 saturated carbocycles. The van der Waals surface area contributed by atoms with Gasteiger partial charge in [0.15, 0.2) is 0 Å². The van der Waals surface area contributed by atoms with Crippen molar-refractivity contribution in [2.75, 3.05) is 19.6 Å². The lowest BCUT2D eigenvalue weighted by Gasteiger charge is -2.20. The van der Waals surface area contributed by atoms with Crippen molar-refractivity contribution in [3.05, 3.63) is 29.0 Å².